The summed E-state index contributed by atoms with van der Waals surface area (Å²) in [5.41, 5.74) is 2.13. The van der Waals surface area contributed by atoms with Crippen LogP contribution in [0.5, 0.6) is 0 Å². The standard InChI is InChI=1S/C17H22BClF3N3O6S2.C17H21BClF3N2O4S.C15H18BClF3N3O2.C5H10O.CH4.Na.H2O/c1-15(2)16(3,4)31-18(30-15)10-7-8-11(19)12-13(10)24(9-17(20,21)22)23-14(12)25(32(5,26)27)33(6,28)29;1-15(2)16(3,4)28-18(27-15)10-6-7-11(19)13-12(8-29(5,25)26)23-24(14(10)13)9-17(20,21)22;1-13(2)14(3,4)25-16(24-13)8-5-6-9(17)10-11(8)23(22-12(10)21)7-15(18,19)20;1-5-3-2-4-6-5;;;/h7-8H,9H2,1-6H3;6-7H,8-9H2,1-5H3;5-6H,7H2,1-4H3,(H2,21,22);5H,2-4H2,1H3;1H4;;1H2/q;;;;;+1;/p-1. The Balaban J connectivity index is 0.000000290. The van der Waals surface area contributed by atoms with Crippen LogP contribution in [-0.2, 0) is 87.9 Å². The summed E-state index contributed by atoms with van der Waals surface area (Å²) in [5.74, 6) is -1.38. The topological polar surface area (TPSA) is 280 Å². The minimum atomic E-state index is -4.77. The molecular formula is C55H76B3Cl3F9N8NaO14S3. The number of hydrogen-bond acceptors (Lipinski definition) is 18. The molecule has 10 rings (SSSR count). The van der Waals surface area contributed by atoms with Crippen LogP contribution in [-0.4, -0.2) is 165 Å². The van der Waals surface area contributed by atoms with Gasteiger partial charge in [0.1, 0.15) is 19.6 Å². The second kappa shape index (κ2) is 29.2. The number of anilines is 2. The Morgan fingerprint density at radius 2 is 0.844 bits per heavy atom. The molecule has 4 aliphatic rings. The molecule has 0 radical (unpaired) electrons. The maximum absolute atomic E-state index is 13.4. The fourth-order valence-corrected chi connectivity index (χ4v) is 14.4. The van der Waals surface area contributed by atoms with E-state index >= 15 is 0 Å². The predicted molar refractivity (Wildman–Crippen MR) is 348 cm³/mol. The van der Waals surface area contributed by atoms with Crippen LogP contribution < -0.4 is 55.4 Å². The van der Waals surface area contributed by atoms with Crippen LogP contribution in [0.15, 0.2) is 36.4 Å². The minimum Gasteiger partial charge on any atom is -0.870 e. The monoisotopic (exact) mass is 1500 g/mol. The van der Waals surface area contributed by atoms with E-state index in [2.05, 4.69) is 22.2 Å². The van der Waals surface area contributed by atoms with Crippen LogP contribution in [0.25, 0.3) is 32.7 Å². The third-order valence-corrected chi connectivity index (χ3v) is 21.5. The van der Waals surface area contributed by atoms with Gasteiger partial charge in [0.15, 0.2) is 21.5 Å². The van der Waals surface area contributed by atoms with E-state index in [0.29, 0.717) is 34.2 Å². The van der Waals surface area contributed by atoms with Crippen LogP contribution in [0.4, 0.5) is 51.1 Å². The van der Waals surface area contributed by atoms with Crippen molar-refractivity contribution < 1.29 is 132 Å². The van der Waals surface area contributed by atoms with Crippen LogP contribution in [0.2, 0.25) is 15.1 Å². The van der Waals surface area contributed by atoms with Crippen LogP contribution in [0.3, 0.4) is 0 Å². The van der Waals surface area contributed by atoms with Gasteiger partial charge in [0.25, 0.3) is 0 Å². The van der Waals surface area contributed by atoms with Crippen molar-refractivity contribution >= 4 is 147 Å². The van der Waals surface area contributed by atoms with Gasteiger partial charge in [-0.25, -0.2) is 25.3 Å². The minimum absolute atomic E-state index is 0. The summed E-state index contributed by atoms with van der Waals surface area (Å²) >= 11 is 18.6. The summed E-state index contributed by atoms with van der Waals surface area (Å²) in [6.45, 7) is 20.5. The summed E-state index contributed by atoms with van der Waals surface area (Å²) in [6.07, 6.45) is -8.56. The zero-order valence-electron chi connectivity index (χ0n) is 54.9. The third kappa shape index (κ3) is 19.0. The summed E-state index contributed by atoms with van der Waals surface area (Å²) in [6, 6.07) is 8.80. The number of fused-ring (bicyclic) bond motifs is 3. The Bertz CT molecular complexity index is 4100. The molecule has 22 nitrogen and oxygen atoms in total. The van der Waals surface area contributed by atoms with Crippen LogP contribution in [0, 0.1) is 0 Å². The Morgan fingerprint density at radius 1 is 0.542 bits per heavy atom. The van der Waals surface area contributed by atoms with Crippen molar-refractivity contribution in [2.24, 2.45) is 0 Å². The predicted octanol–water partition coefficient (Wildman–Crippen LogP) is 7.15. The Labute approximate surface area is 590 Å². The molecular weight excluding hydrogens is 1430 g/mol. The zero-order valence-corrected chi connectivity index (χ0v) is 61.7. The Morgan fingerprint density at radius 3 is 1.14 bits per heavy atom. The SMILES string of the molecule is C.CC1(C)OB(c2ccc(Cl)c3c(CS(C)(=O)=O)nn(CC(F)(F)F)c23)OC1(C)C.CC1(C)OB(c2ccc(Cl)c3c(N(S(C)(=O)=O)S(C)(=O)=O)nn(CC(F)(F)F)c23)OC1(C)C.CC1(C)OB(c2ccc(Cl)c3c(N)nn(CC(F)(F)F)c23)OC1(C)C.CC1CCCO1.[Na+].[OH-]. The van der Waals surface area contributed by atoms with Crippen molar-refractivity contribution in [1.82, 2.24) is 29.3 Å². The van der Waals surface area contributed by atoms with Crippen molar-refractivity contribution in [3.05, 3.63) is 57.2 Å². The van der Waals surface area contributed by atoms with Crippen LogP contribution in [0.1, 0.15) is 116 Å². The number of alkyl halides is 9. The number of aromatic nitrogens is 6. The Kier molecular flexibility index (Phi) is 25.8. The molecule has 0 bridgehead atoms. The second-order valence-electron chi connectivity index (χ2n) is 25.9. The molecule has 4 saturated heterocycles. The number of halogens is 12. The van der Waals surface area contributed by atoms with Crippen molar-refractivity contribution in [3.63, 3.8) is 0 Å². The molecule has 3 N–H and O–H groups in total. The van der Waals surface area contributed by atoms with E-state index in [9.17, 15) is 64.8 Å². The van der Waals surface area contributed by atoms with Crippen molar-refractivity contribution in [1.29, 1.82) is 0 Å². The van der Waals surface area contributed by atoms with Gasteiger partial charge in [0.2, 0.25) is 20.0 Å². The van der Waals surface area contributed by atoms with E-state index < -0.39 is 135 Å². The summed E-state index contributed by atoms with van der Waals surface area (Å²) in [7, 11) is -15.6. The number of benzene rings is 3. The maximum Gasteiger partial charge on any atom is 1.00 e. The van der Waals surface area contributed by atoms with Gasteiger partial charge < -0.3 is 43.9 Å². The summed E-state index contributed by atoms with van der Waals surface area (Å²) in [5, 5.41) is 11.7. The van der Waals surface area contributed by atoms with Gasteiger partial charge in [-0.2, -0.15) is 54.8 Å². The van der Waals surface area contributed by atoms with Crippen molar-refractivity contribution in [2.75, 3.05) is 34.8 Å². The number of sulfonamides is 2. The first-order valence-electron chi connectivity index (χ1n) is 28.5. The van der Waals surface area contributed by atoms with Gasteiger partial charge in [-0.05, 0) is 121 Å². The number of ether oxygens (including phenoxy) is 1. The smallest absolute Gasteiger partial charge is 0.870 e. The van der Waals surface area contributed by atoms with Gasteiger partial charge in [-0.15, -0.1) is 3.71 Å². The first-order chi connectivity index (χ1) is 41.9. The second-order valence-corrected chi connectivity index (χ2v) is 33.2. The molecule has 1 unspecified atom stereocenters. The van der Waals surface area contributed by atoms with Gasteiger partial charge in [0, 0.05) is 34.6 Å². The third-order valence-electron chi connectivity index (χ3n) is 16.5. The summed E-state index contributed by atoms with van der Waals surface area (Å²) < 4.78 is 234. The van der Waals surface area contributed by atoms with Gasteiger partial charge >= 0.3 is 69.4 Å². The van der Waals surface area contributed by atoms with Gasteiger partial charge in [0.05, 0.1) is 106 Å². The molecule has 3 aromatic heterocycles. The first kappa shape index (κ1) is 85.0. The van der Waals surface area contributed by atoms with Gasteiger partial charge in [-0.3, -0.25) is 14.0 Å². The fourth-order valence-electron chi connectivity index (χ4n) is 10.1. The van der Waals surface area contributed by atoms with E-state index in [1.54, 1.807) is 39.8 Å². The van der Waals surface area contributed by atoms with Gasteiger partial charge in [-0.1, -0.05) is 60.4 Å². The van der Waals surface area contributed by atoms with E-state index in [0.717, 1.165) is 22.2 Å². The molecule has 0 aliphatic carbocycles. The molecule has 6 aromatic rings. The molecule has 96 heavy (non-hydrogen) atoms. The first-order valence-corrected chi connectivity index (χ1v) is 35.4. The Hall–Kier alpha value is -3.37. The van der Waals surface area contributed by atoms with Crippen molar-refractivity contribution in [3.8, 4) is 0 Å². The average molecular weight is 1500 g/mol. The number of nitrogen functional groups attached to an aromatic ring is 1. The average Bonchev–Trinajstić information content (AvgIpc) is 1.41. The quantitative estimate of drug-likeness (QED) is 0.0995. The molecule has 7 heterocycles. The molecule has 532 valence electrons. The molecule has 0 amide bonds. The number of sulfone groups is 1. The summed E-state index contributed by atoms with van der Waals surface area (Å²) in [4.78, 5) is 0. The molecule has 3 aromatic carbocycles. The van der Waals surface area contributed by atoms with E-state index in [1.807, 2.05) is 55.4 Å². The number of nitrogens with two attached hydrogens (primary N) is 1. The number of rotatable bonds is 11. The molecule has 0 spiro atoms. The van der Waals surface area contributed by atoms with Crippen LogP contribution >= 0.6 is 34.8 Å². The van der Waals surface area contributed by atoms with E-state index in [-0.39, 0.29) is 111 Å². The van der Waals surface area contributed by atoms with E-state index in [4.69, 9.17) is 73.2 Å². The molecule has 0 saturated carbocycles. The largest absolute Gasteiger partial charge is 1.00 e. The van der Waals surface area contributed by atoms with Crippen molar-refractivity contribution in [2.45, 2.75) is 194 Å². The molecule has 4 fully saturated rings. The zero-order chi connectivity index (χ0) is 70.5. The molecule has 41 heteroatoms. The fraction of sp³-hybridized carbons (Fsp3) is 0.618. The maximum atomic E-state index is 13.4. The number of nitrogens with zero attached hydrogens (tertiary/aromatic N) is 7. The van der Waals surface area contributed by atoms with E-state index in [1.165, 1.54) is 37.1 Å². The molecule has 4 aliphatic heterocycles. The molecule has 1 atom stereocenters. The number of hydrogen-bond donors (Lipinski definition) is 1. The normalized spacial score (nSPS) is 19.6.